The number of carbonyl (C=O) groups excluding carboxylic acids is 1. The number of carbonyl (C=O) groups is 1. The highest BCUT2D eigenvalue weighted by molar-refractivity contribution is 5.90. The molecule has 6 nitrogen and oxygen atoms in total. The molecule has 0 aromatic carbocycles. The van der Waals surface area contributed by atoms with Crippen molar-refractivity contribution < 1.29 is 4.79 Å². The Kier molecular flexibility index (Phi) is 3.73. The third-order valence-electron chi connectivity index (χ3n) is 3.40. The van der Waals surface area contributed by atoms with Gasteiger partial charge < -0.3 is 4.90 Å². The lowest BCUT2D eigenvalue weighted by Gasteiger charge is -2.25. The summed E-state index contributed by atoms with van der Waals surface area (Å²) in [7, 11) is 0. The number of aromatic nitrogens is 3. The first-order valence-electron chi connectivity index (χ1n) is 6.15. The first-order chi connectivity index (χ1) is 8.26. The normalized spacial score (nSPS) is 20.2. The highest BCUT2D eigenvalue weighted by atomic mass is 16.2. The van der Waals surface area contributed by atoms with Crippen LogP contribution in [0.4, 0.5) is 0 Å². The quantitative estimate of drug-likeness (QED) is 0.821. The molecule has 2 heterocycles. The number of likely N-dealkylation sites (tertiary alicyclic amines) is 1. The molecule has 0 aliphatic carbocycles. The zero-order valence-corrected chi connectivity index (χ0v) is 10.4. The van der Waals surface area contributed by atoms with Gasteiger partial charge in [0.05, 0.1) is 0 Å². The van der Waals surface area contributed by atoms with E-state index < -0.39 is 0 Å². The van der Waals surface area contributed by atoms with Crippen molar-refractivity contribution in [1.29, 1.82) is 0 Å². The van der Waals surface area contributed by atoms with E-state index in [1.807, 2.05) is 4.90 Å². The molecule has 2 rings (SSSR count). The summed E-state index contributed by atoms with van der Waals surface area (Å²) in [6, 6.07) is 0.483. The molecule has 1 unspecified atom stereocenters. The van der Waals surface area contributed by atoms with Crippen molar-refractivity contribution in [3.05, 3.63) is 12.2 Å². The minimum Gasteiger partial charge on any atom is -0.334 e. The van der Waals surface area contributed by atoms with E-state index in [1.165, 1.54) is 6.33 Å². The van der Waals surface area contributed by atoms with E-state index >= 15 is 0 Å². The summed E-state index contributed by atoms with van der Waals surface area (Å²) in [6.07, 6.45) is 2.41. The van der Waals surface area contributed by atoms with Crippen LogP contribution in [0.3, 0.4) is 0 Å². The second kappa shape index (κ2) is 5.27. The molecule has 1 amide bonds. The molecular formula is C11H19N5O. The summed E-state index contributed by atoms with van der Waals surface area (Å²) >= 11 is 0. The molecule has 1 aliphatic rings. The van der Waals surface area contributed by atoms with Gasteiger partial charge in [0.2, 0.25) is 5.82 Å². The number of nitrogens with one attached hydrogen (secondary N) is 1. The van der Waals surface area contributed by atoms with Gasteiger partial charge in [-0.3, -0.25) is 14.8 Å². The fraction of sp³-hybridized carbons (Fsp3) is 0.727. The molecule has 1 aliphatic heterocycles. The van der Waals surface area contributed by atoms with Crippen LogP contribution in [0.1, 0.15) is 30.9 Å². The number of nitrogens with zero attached hydrogens (tertiary/aromatic N) is 4. The van der Waals surface area contributed by atoms with Gasteiger partial charge >= 0.3 is 0 Å². The minimum absolute atomic E-state index is 0.0443. The zero-order valence-electron chi connectivity index (χ0n) is 10.4. The van der Waals surface area contributed by atoms with Gasteiger partial charge in [-0.2, -0.15) is 5.10 Å². The smallest absolute Gasteiger partial charge is 0.291 e. The van der Waals surface area contributed by atoms with Crippen molar-refractivity contribution in [2.45, 2.75) is 26.3 Å². The van der Waals surface area contributed by atoms with Crippen LogP contribution in [0.5, 0.6) is 0 Å². The number of likely N-dealkylation sites (N-methyl/N-ethyl adjacent to an activating group) is 1. The van der Waals surface area contributed by atoms with E-state index in [0.29, 0.717) is 11.9 Å². The summed E-state index contributed by atoms with van der Waals surface area (Å²) in [5.41, 5.74) is 0. The molecule has 1 saturated heterocycles. The van der Waals surface area contributed by atoms with Crippen LogP contribution in [0.2, 0.25) is 0 Å². The van der Waals surface area contributed by atoms with Gasteiger partial charge in [0.15, 0.2) is 0 Å². The average molecular weight is 237 g/mol. The molecule has 17 heavy (non-hydrogen) atoms. The zero-order chi connectivity index (χ0) is 12.3. The average Bonchev–Trinajstić information content (AvgIpc) is 3.01. The van der Waals surface area contributed by atoms with Gasteiger partial charge in [0.1, 0.15) is 6.33 Å². The predicted molar refractivity (Wildman–Crippen MR) is 63.6 cm³/mol. The van der Waals surface area contributed by atoms with Crippen molar-refractivity contribution in [3.8, 4) is 0 Å². The largest absolute Gasteiger partial charge is 0.334 e. The monoisotopic (exact) mass is 237 g/mol. The van der Waals surface area contributed by atoms with Crippen LogP contribution >= 0.6 is 0 Å². The lowest BCUT2D eigenvalue weighted by molar-refractivity contribution is 0.0766. The second-order valence-electron chi connectivity index (χ2n) is 4.25. The van der Waals surface area contributed by atoms with Crippen LogP contribution in [-0.4, -0.2) is 63.1 Å². The fourth-order valence-corrected chi connectivity index (χ4v) is 2.42. The molecule has 0 radical (unpaired) electrons. The molecule has 1 aromatic rings. The molecule has 1 aromatic heterocycles. The van der Waals surface area contributed by atoms with E-state index in [9.17, 15) is 4.79 Å². The van der Waals surface area contributed by atoms with E-state index in [-0.39, 0.29) is 5.91 Å². The van der Waals surface area contributed by atoms with Gasteiger partial charge in [0.25, 0.3) is 5.91 Å². The van der Waals surface area contributed by atoms with Crippen LogP contribution in [0.25, 0.3) is 0 Å². The Morgan fingerprint density at radius 3 is 2.94 bits per heavy atom. The number of hydrogen-bond acceptors (Lipinski definition) is 4. The van der Waals surface area contributed by atoms with E-state index in [2.05, 4.69) is 33.9 Å². The van der Waals surface area contributed by atoms with Gasteiger partial charge in [-0.25, -0.2) is 4.98 Å². The number of aromatic amines is 1. The maximum atomic E-state index is 12.0. The number of rotatable bonds is 4. The maximum absolute atomic E-state index is 12.0. The molecule has 1 N–H and O–H groups in total. The van der Waals surface area contributed by atoms with Crippen molar-refractivity contribution in [3.63, 3.8) is 0 Å². The van der Waals surface area contributed by atoms with Gasteiger partial charge in [-0.1, -0.05) is 13.8 Å². The summed E-state index contributed by atoms with van der Waals surface area (Å²) in [6.45, 7) is 7.98. The molecule has 0 bridgehead atoms. The second-order valence-corrected chi connectivity index (χ2v) is 4.25. The van der Waals surface area contributed by atoms with Crippen LogP contribution in [-0.2, 0) is 0 Å². The number of hydrogen-bond donors (Lipinski definition) is 1. The van der Waals surface area contributed by atoms with Crippen molar-refractivity contribution in [2.75, 3.05) is 26.2 Å². The van der Waals surface area contributed by atoms with Crippen LogP contribution in [0.15, 0.2) is 6.33 Å². The van der Waals surface area contributed by atoms with E-state index in [0.717, 1.165) is 32.6 Å². The molecule has 6 heteroatoms. The summed E-state index contributed by atoms with van der Waals surface area (Å²) in [4.78, 5) is 20.2. The maximum Gasteiger partial charge on any atom is 0.291 e. The molecule has 0 saturated carbocycles. The van der Waals surface area contributed by atoms with E-state index in [1.54, 1.807) is 0 Å². The Labute approximate surface area is 101 Å². The third kappa shape index (κ3) is 2.46. The predicted octanol–water partition coefficient (Wildman–Crippen LogP) is 0.361. The van der Waals surface area contributed by atoms with E-state index in [4.69, 9.17) is 0 Å². The van der Waals surface area contributed by atoms with Gasteiger partial charge in [-0.15, -0.1) is 0 Å². The Morgan fingerprint density at radius 1 is 1.59 bits per heavy atom. The summed E-state index contributed by atoms with van der Waals surface area (Å²) < 4.78 is 0. The van der Waals surface area contributed by atoms with Crippen LogP contribution < -0.4 is 0 Å². The third-order valence-corrected chi connectivity index (χ3v) is 3.40. The lowest BCUT2D eigenvalue weighted by atomic mass is 10.2. The molecule has 0 spiro atoms. The minimum atomic E-state index is -0.0443. The highest BCUT2D eigenvalue weighted by Crippen LogP contribution is 2.16. The Hall–Kier alpha value is -1.43. The number of amides is 1. The molecule has 1 atom stereocenters. The molecule has 94 valence electrons. The van der Waals surface area contributed by atoms with Gasteiger partial charge in [0, 0.05) is 19.1 Å². The summed E-state index contributed by atoms with van der Waals surface area (Å²) in [5, 5.41) is 6.33. The fourth-order valence-electron chi connectivity index (χ4n) is 2.42. The topological polar surface area (TPSA) is 65.1 Å². The lowest BCUT2D eigenvalue weighted by Crippen LogP contribution is -2.38. The first-order valence-corrected chi connectivity index (χ1v) is 6.15. The Bertz CT molecular complexity index is 360. The highest BCUT2D eigenvalue weighted by Gasteiger charge is 2.30. The standard InChI is InChI=1S/C11H19N5O/c1-3-15(4-2)9-5-6-16(7-9)11(17)10-12-8-13-14-10/h8-9H,3-7H2,1-2H3,(H,12,13,14). The summed E-state index contributed by atoms with van der Waals surface area (Å²) in [5.74, 6) is 0.294. The van der Waals surface area contributed by atoms with Crippen LogP contribution in [0, 0.1) is 0 Å². The Morgan fingerprint density at radius 2 is 2.35 bits per heavy atom. The van der Waals surface area contributed by atoms with Gasteiger partial charge in [-0.05, 0) is 19.5 Å². The van der Waals surface area contributed by atoms with Crippen molar-refractivity contribution in [1.82, 2.24) is 25.0 Å². The molecule has 1 fully saturated rings. The van der Waals surface area contributed by atoms with Crippen molar-refractivity contribution in [2.24, 2.45) is 0 Å². The number of H-pyrrole nitrogens is 1. The molecular weight excluding hydrogens is 218 g/mol. The van der Waals surface area contributed by atoms with Crippen molar-refractivity contribution >= 4 is 5.91 Å². The SMILES string of the molecule is CCN(CC)C1CCN(C(=O)c2ncn[nH]2)C1. The first kappa shape index (κ1) is 12.0. The Balaban J connectivity index is 1.96.